The first-order valence-electron chi connectivity index (χ1n) is 4.80. The third-order valence-corrected chi connectivity index (χ3v) is 2.98. The Morgan fingerprint density at radius 1 is 1.00 bits per heavy atom. The number of alkyl halides is 4. The first-order chi connectivity index (χ1) is 8.26. The van der Waals surface area contributed by atoms with Crippen LogP contribution in [0.2, 0.25) is 0 Å². The van der Waals surface area contributed by atoms with E-state index in [9.17, 15) is 22.0 Å². The highest BCUT2D eigenvalue weighted by Crippen LogP contribution is 2.56. The fourth-order valence-corrected chi connectivity index (χ4v) is 1.65. The Labute approximate surface area is 107 Å². The van der Waals surface area contributed by atoms with Crippen LogP contribution in [0.25, 0.3) is 0 Å². The smallest absolute Gasteiger partial charge is 0.375 e. The summed E-state index contributed by atoms with van der Waals surface area (Å²) >= 11 is 3.16. The maximum Gasteiger partial charge on any atom is 0.375 e. The summed E-state index contributed by atoms with van der Waals surface area (Å²) in [6.07, 6.45) is 0. The molecule has 0 aliphatic heterocycles. The number of rotatable bonds is 3. The molecule has 1 aliphatic carbocycles. The molecule has 0 heterocycles. The quantitative estimate of drug-likeness (QED) is 0.746. The van der Waals surface area contributed by atoms with Gasteiger partial charge in [0.2, 0.25) is 11.6 Å². The predicted molar refractivity (Wildman–Crippen MR) is 57.0 cm³/mol. The van der Waals surface area contributed by atoms with E-state index in [1.54, 1.807) is 12.1 Å². The summed E-state index contributed by atoms with van der Waals surface area (Å²) in [7, 11) is 0. The Bertz CT molecular complexity index is 495. The summed E-state index contributed by atoms with van der Waals surface area (Å²) in [6, 6.07) is 6.32. The maximum absolute atomic E-state index is 12.8. The highest BCUT2D eigenvalue weighted by atomic mass is 79.9. The van der Waals surface area contributed by atoms with Gasteiger partial charge in [-0.1, -0.05) is 28.1 Å². The third kappa shape index (κ3) is 1.90. The minimum Gasteiger partial charge on any atom is -0.484 e. The molecule has 7 heteroatoms. The molecule has 0 saturated carbocycles. The Morgan fingerprint density at radius 2 is 1.56 bits per heavy atom. The second-order valence-electron chi connectivity index (χ2n) is 3.71. The first kappa shape index (κ1) is 13.3. The van der Waals surface area contributed by atoms with Crippen molar-refractivity contribution >= 4 is 15.9 Å². The van der Waals surface area contributed by atoms with E-state index in [2.05, 4.69) is 20.7 Å². The van der Waals surface area contributed by atoms with Gasteiger partial charge in [0.15, 0.2) is 0 Å². The second kappa shape index (κ2) is 4.22. The molecule has 1 nitrogen and oxygen atoms in total. The zero-order valence-electron chi connectivity index (χ0n) is 8.69. The fourth-order valence-electron chi connectivity index (χ4n) is 1.39. The molecule has 0 atom stereocenters. The van der Waals surface area contributed by atoms with Gasteiger partial charge in [-0.15, -0.1) is 0 Å². The van der Waals surface area contributed by atoms with Gasteiger partial charge in [0.1, 0.15) is 6.61 Å². The van der Waals surface area contributed by atoms with Gasteiger partial charge in [-0.05, 0) is 17.7 Å². The number of halogens is 6. The van der Waals surface area contributed by atoms with E-state index in [-0.39, 0.29) is 0 Å². The molecule has 0 fully saturated rings. The van der Waals surface area contributed by atoms with Gasteiger partial charge in [0.05, 0.1) is 0 Å². The molecule has 0 saturated heterocycles. The third-order valence-electron chi connectivity index (χ3n) is 2.45. The maximum atomic E-state index is 12.8. The summed E-state index contributed by atoms with van der Waals surface area (Å²) in [4.78, 5) is 0. The normalized spacial score (nSPS) is 20.6. The van der Waals surface area contributed by atoms with Crippen molar-refractivity contribution in [3.63, 3.8) is 0 Å². The van der Waals surface area contributed by atoms with E-state index >= 15 is 0 Å². The standard InChI is InChI=1S/C11H6BrF5O/c12-7-3-1-6(2-4-7)5-18-9-8(13)10(14,15)11(9,16)17/h1-4H,5H2. The molecule has 0 unspecified atom stereocenters. The van der Waals surface area contributed by atoms with Crippen LogP contribution in [-0.2, 0) is 11.3 Å². The Morgan fingerprint density at radius 3 is 2.06 bits per heavy atom. The van der Waals surface area contributed by atoms with Crippen molar-refractivity contribution in [2.45, 2.75) is 18.5 Å². The van der Waals surface area contributed by atoms with E-state index in [4.69, 9.17) is 0 Å². The van der Waals surface area contributed by atoms with Crippen LogP contribution in [0.4, 0.5) is 22.0 Å². The minimum atomic E-state index is -4.76. The van der Waals surface area contributed by atoms with Crippen LogP contribution in [0.3, 0.4) is 0 Å². The topological polar surface area (TPSA) is 9.23 Å². The van der Waals surface area contributed by atoms with Crippen LogP contribution in [0, 0.1) is 0 Å². The monoisotopic (exact) mass is 328 g/mol. The number of ether oxygens (including phenoxy) is 1. The zero-order chi connectivity index (χ0) is 13.6. The fraction of sp³-hybridized carbons (Fsp3) is 0.273. The average Bonchev–Trinajstić information content (AvgIpc) is 2.31. The van der Waals surface area contributed by atoms with E-state index in [1.807, 2.05) is 0 Å². The SMILES string of the molecule is FC1=C(OCc2ccc(Br)cc2)C(F)(F)C1(F)F. The average molecular weight is 329 g/mol. The highest BCUT2D eigenvalue weighted by Gasteiger charge is 2.74. The van der Waals surface area contributed by atoms with Gasteiger partial charge in [-0.25, -0.2) is 4.39 Å². The van der Waals surface area contributed by atoms with Gasteiger partial charge in [-0.3, -0.25) is 0 Å². The summed E-state index contributed by atoms with van der Waals surface area (Å²) < 4.78 is 68.5. The minimum absolute atomic E-state index is 0.401. The van der Waals surface area contributed by atoms with Gasteiger partial charge < -0.3 is 4.74 Å². The van der Waals surface area contributed by atoms with Crippen molar-refractivity contribution in [1.29, 1.82) is 0 Å². The lowest BCUT2D eigenvalue weighted by molar-refractivity contribution is -0.233. The summed E-state index contributed by atoms with van der Waals surface area (Å²) in [5.74, 6) is -13.1. The summed E-state index contributed by atoms with van der Waals surface area (Å²) in [5.41, 5.74) is 0.463. The lowest BCUT2D eigenvalue weighted by Crippen LogP contribution is -2.53. The number of hydrogen-bond donors (Lipinski definition) is 0. The molecule has 0 N–H and O–H groups in total. The molecular formula is C11H6BrF5O. The van der Waals surface area contributed by atoms with Crippen LogP contribution >= 0.6 is 15.9 Å². The molecule has 1 aliphatic rings. The van der Waals surface area contributed by atoms with Gasteiger partial charge >= 0.3 is 11.8 Å². The number of benzene rings is 1. The van der Waals surface area contributed by atoms with Crippen LogP contribution < -0.4 is 0 Å². The molecule has 1 aromatic carbocycles. The molecule has 1 aromatic rings. The lowest BCUT2D eigenvalue weighted by atomic mass is 9.96. The Balaban J connectivity index is 2.08. The molecule has 18 heavy (non-hydrogen) atoms. The summed E-state index contributed by atoms with van der Waals surface area (Å²) in [5, 5.41) is 0. The first-order valence-corrected chi connectivity index (χ1v) is 5.59. The predicted octanol–water partition coefficient (Wildman–Crippen LogP) is 4.43. The van der Waals surface area contributed by atoms with Crippen LogP contribution in [0.5, 0.6) is 0 Å². The van der Waals surface area contributed by atoms with Gasteiger partial charge in [0, 0.05) is 4.47 Å². The van der Waals surface area contributed by atoms with Crippen molar-refractivity contribution in [1.82, 2.24) is 0 Å². The van der Waals surface area contributed by atoms with Gasteiger partial charge in [-0.2, -0.15) is 17.6 Å². The van der Waals surface area contributed by atoms with Gasteiger partial charge in [0.25, 0.3) is 0 Å². The highest BCUT2D eigenvalue weighted by molar-refractivity contribution is 9.10. The van der Waals surface area contributed by atoms with Crippen molar-refractivity contribution in [3.8, 4) is 0 Å². The van der Waals surface area contributed by atoms with Crippen LogP contribution in [0.15, 0.2) is 40.3 Å². The van der Waals surface area contributed by atoms with Crippen LogP contribution in [0.1, 0.15) is 5.56 Å². The van der Waals surface area contributed by atoms with E-state index in [0.29, 0.717) is 5.56 Å². The molecule has 98 valence electrons. The van der Waals surface area contributed by atoms with E-state index in [1.165, 1.54) is 12.1 Å². The second-order valence-corrected chi connectivity index (χ2v) is 4.62. The molecule has 2 rings (SSSR count). The van der Waals surface area contributed by atoms with Crippen molar-refractivity contribution in [3.05, 3.63) is 45.9 Å². The molecule has 0 amide bonds. The molecule has 0 aromatic heterocycles. The number of allylic oxidation sites excluding steroid dienone is 2. The molecule has 0 radical (unpaired) electrons. The molecule has 0 bridgehead atoms. The van der Waals surface area contributed by atoms with E-state index < -0.39 is 30.0 Å². The Kier molecular flexibility index (Phi) is 3.12. The Hall–Kier alpha value is -1.11. The van der Waals surface area contributed by atoms with E-state index in [0.717, 1.165) is 4.47 Å². The lowest BCUT2D eigenvalue weighted by Gasteiger charge is -2.35. The number of hydrogen-bond acceptors (Lipinski definition) is 1. The van der Waals surface area contributed by atoms with Crippen molar-refractivity contribution in [2.75, 3.05) is 0 Å². The summed E-state index contributed by atoms with van der Waals surface area (Å²) in [6.45, 7) is -0.401. The zero-order valence-corrected chi connectivity index (χ0v) is 10.3. The van der Waals surface area contributed by atoms with Crippen molar-refractivity contribution in [2.24, 2.45) is 0 Å². The molecular weight excluding hydrogens is 323 g/mol. The van der Waals surface area contributed by atoms with Crippen molar-refractivity contribution < 1.29 is 26.7 Å². The van der Waals surface area contributed by atoms with Crippen LogP contribution in [-0.4, -0.2) is 11.8 Å². The largest absolute Gasteiger partial charge is 0.484 e. The molecule has 0 spiro atoms.